The first kappa shape index (κ1) is 17.5. The quantitative estimate of drug-likeness (QED) is 0.445. The molecule has 0 aliphatic rings. The average Bonchev–Trinajstić information content (AvgIpc) is 3.03. The van der Waals surface area contributed by atoms with Gasteiger partial charge in [-0.2, -0.15) is 5.26 Å². The molecule has 0 atom stereocenters. The lowest BCUT2D eigenvalue weighted by Crippen LogP contribution is -2.02. The number of para-hydroxylation sites is 1. The van der Waals surface area contributed by atoms with Gasteiger partial charge in [0.15, 0.2) is 11.0 Å². The van der Waals surface area contributed by atoms with Crippen LogP contribution in [-0.4, -0.2) is 20.5 Å². The first-order chi connectivity index (χ1) is 12.2. The van der Waals surface area contributed by atoms with Gasteiger partial charge in [-0.15, -0.1) is 10.2 Å². The lowest BCUT2D eigenvalue weighted by molar-refractivity contribution is 0.613. The molecule has 4 nitrogen and oxygen atoms in total. The number of nitrogens with zero attached hydrogens (tertiary/aromatic N) is 4. The van der Waals surface area contributed by atoms with Crippen molar-refractivity contribution < 1.29 is 4.39 Å². The molecule has 3 aromatic rings. The van der Waals surface area contributed by atoms with E-state index in [1.54, 1.807) is 28.8 Å². The number of hydrogen-bond donors (Lipinski definition) is 0. The van der Waals surface area contributed by atoms with Gasteiger partial charge in [0.1, 0.15) is 5.82 Å². The maximum atomic E-state index is 14.4. The molecule has 1 heterocycles. The smallest absolute Gasteiger partial charge is 0.196 e. The zero-order valence-electron chi connectivity index (χ0n) is 13.2. The number of unbranched alkanes of at least 4 members (excludes halogenated alkanes) is 1. The van der Waals surface area contributed by atoms with Gasteiger partial charge in [0.05, 0.1) is 16.8 Å². The molecule has 25 heavy (non-hydrogen) atoms. The van der Waals surface area contributed by atoms with Crippen molar-refractivity contribution in [3.8, 4) is 23.1 Å². The highest BCUT2D eigenvalue weighted by Crippen LogP contribution is 2.32. The second-order valence-corrected chi connectivity index (χ2v) is 6.65. The molecular weight excluding hydrogens is 359 g/mol. The molecule has 0 radical (unpaired) electrons. The predicted molar refractivity (Wildman–Crippen MR) is 97.3 cm³/mol. The van der Waals surface area contributed by atoms with Crippen LogP contribution < -0.4 is 0 Å². The van der Waals surface area contributed by atoms with Crippen LogP contribution >= 0.6 is 23.4 Å². The van der Waals surface area contributed by atoms with Crippen LogP contribution in [-0.2, 0) is 0 Å². The van der Waals surface area contributed by atoms with Gasteiger partial charge in [0.2, 0.25) is 0 Å². The van der Waals surface area contributed by atoms with Crippen LogP contribution in [0.4, 0.5) is 4.39 Å². The van der Waals surface area contributed by atoms with Crippen molar-refractivity contribution in [1.82, 2.24) is 14.8 Å². The topological polar surface area (TPSA) is 54.5 Å². The Labute approximate surface area is 154 Å². The monoisotopic (exact) mass is 372 g/mol. The first-order valence-electron chi connectivity index (χ1n) is 7.67. The van der Waals surface area contributed by atoms with Crippen molar-refractivity contribution in [3.63, 3.8) is 0 Å². The maximum absolute atomic E-state index is 14.4. The van der Waals surface area contributed by atoms with Gasteiger partial charge >= 0.3 is 0 Å². The molecule has 3 rings (SSSR count). The summed E-state index contributed by atoms with van der Waals surface area (Å²) in [4.78, 5) is 0. The van der Waals surface area contributed by atoms with Crippen LogP contribution in [0, 0.1) is 17.1 Å². The van der Waals surface area contributed by atoms with Gasteiger partial charge in [0.25, 0.3) is 0 Å². The van der Waals surface area contributed by atoms with Crippen LogP contribution in [0.15, 0.2) is 53.7 Å². The highest BCUT2D eigenvalue weighted by molar-refractivity contribution is 7.99. The third-order valence-electron chi connectivity index (χ3n) is 3.51. The Morgan fingerprint density at radius 1 is 1.12 bits per heavy atom. The molecule has 1 aromatic heterocycles. The van der Waals surface area contributed by atoms with E-state index < -0.39 is 0 Å². The van der Waals surface area contributed by atoms with E-state index in [0.717, 1.165) is 6.42 Å². The van der Waals surface area contributed by atoms with E-state index in [2.05, 4.69) is 16.3 Å². The number of hydrogen-bond acceptors (Lipinski definition) is 4. The molecule has 0 saturated carbocycles. The fourth-order valence-corrected chi connectivity index (χ4v) is 3.45. The van der Waals surface area contributed by atoms with Crippen molar-refractivity contribution in [3.05, 3.63) is 59.4 Å². The molecule has 0 amide bonds. The van der Waals surface area contributed by atoms with E-state index in [1.807, 2.05) is 18.2 Å². The largest absolute Gasteiger partial charge is 0.267 e. The normalized spacial score (nSPS) is 10.6. The van der Waals surface area contributed by atoms with Gasteiger partial charge < -0.3 is 0 Å². The summed E-state index contributed by atoms with van der Waals surface area (Å²) < 4.78 is 16.1. The van der Waals surface area contributed by atoms with Crippen molar-refractivity contribution in [2.24, 2.45) is 0 Å². The SMILES string of the molecule is N#CCCCSc1nnc(-c2ccccc2Cl)n1-c1ccccc1F. The van der Waals surface area contributed by atoms with Crippen LogP contribution in [0.1, 0.15) is 12.8 Å². The van der Waals surface area contributed by atoms with Crippen LogP contribution in [0.3, 0.4) is 0 Å². The Balaban J connectivity index is 2.08. The number of benzene rings is 2. The van der Waals surface area contributed by atoms with Crippen LogP contribution in [0.2, 0.25) is 5.02 Å². The van der Waals surface area contributed by atoms with E-state index in [-0.39, 0.29) is 5.82 Å². The summed E-state index contributed by atoms with van der Waals surface area (Å²) >= 11 is 7.74. The molecule has 0 unspecified atom stereocenters. The highest BCUT2D eigenvalue weighted by atomic mass is 35.5. The van der Waals surface area contributed by atoms with Crippen molar-refractivity contribution in [2.45, 2.75) is 18.0 Å². The van der Waals surface area contributed by atoms with E-state index in [1.165, 1.54) is 17.8 Å². The molecule has 7 heteroatoms. The van der Waals surface area contributed by atoms with Crippen molar-refractivity contribution >= 4 is 23.4 Å². The van der Waals surface area contributed by atoms with Crippen molar-refractivity contribution in [2.75, 3.05) is 5.75 Å². The predicted octanol–water partition coefficient (Wildman–Crippen LogP) is 5.12. The number of halogens is 2. The van der Waals surface area contributed by atoms with Gasteiger partial charge in [-0.1, -0.05) is 47.6 Å². The lowest BCUT2D eigenvalue weighted by Gasteiger charge is -2.11. The molecule has 0 aliphatic heterocycles. The fraction of sp³-hybridized carbons (Fsp3) is 0.167. The van der Waals surface area contributed by atoms with E-state index >= 15 is 0 Å². The summed E-state index contributed by atoms with van der Waals surface area (Å²) in [7, 11) is 0. The number of rotatable bonds is 6. The summed E-state index contributed by atoms with van der Waals surface area (Å²) in [5.41, 5.74) is 1.05. The van der Waals surface area contributed by atoms with Gasteiger partial charge in [-0.3, -0.25) is 4.57 Å². The Morgan fingerprint density at radius 2 is 1.88 bits per heavy atom. The van der Waals surface area contributed by atoms with E-state index in [4.69, 9.17) is 16.9 Å². The van der Waals surface area contributed by atoms with Gasteiger partial charge in [0, 0.05) is 17.7 Å². The molecule has 0 fully saturated rings. The summed E-state index contributed by atoms with van der Waals surface area (Å²) in [5, 5.41) is 18.2. The molecule has 0 spiro atoms. The summed E-state index contributed by atoms with van der Waals surface area (Å²) in [6.45, 7) is 0. The second-order valence-electron chi connectivity index (χ2n) is 5.18. The minimum absolute atomic E-state index is 0.366. The standard InChI is InChI=1S/C18H14ClFN4S/c19-14-8-2-1-7-13(14)17-22-23-18(25-12-6-5-11-21)24(17)16-10-4-3-9-15(16)20/h1-4,7-10H,5-6,12H2. The maximum Gasteiger partial charge on any atom is 0.196 e. The molecule has 0 bridgehead atoms. The van der Waals surface area contributed by atoms with Crippen molar-refractivity contribution in [1.29, 1.82) is 5.26 Å². The van der Waals surface area contributed by atoms with Crippen LogP contribution in [0.25, 0.3) is 17.1 Å². The Hall–Kier alpha value is -2.36. The van der Waals surface area contributed by atoms with E-state index in [0.29, 0.717) is 39.4 Å². The van der Waals surface area contributed by atoms with E-state index in [9.17, 15) is 4.39 Å². The van der Waals surface area contributed by atoms with Gasteiger partial charge in [-0.05, 0) is 30.7 Å². The molecule has 2 aromatic carbocycles. The molecular formula is C18H14ClFN4S. The Kier molecular flexibility index (Phi) is 5.69. The van der Waals surface area contributed by atoms with Crippen LogP contribution in [0.5, 0.6) is 0 Å². The molecule has 0 N–H and O–H groups in total. The third kappa shape index (κ3) is 3.84. The summed E-state index contributed by atoms with van der Waals surface area (Å²) in [6, 6.07) is 15.9. The Morgan fingerprint density at radius 3 is 2.64 bits per heavy atom. The summed E-state index contributed by atoms with van der Waals surface area (Å²) in [6.07, 6.45) is 1.20. The molecule has 0 saturated heterocycles. The summed E-state index contributed by atoms with van der Waals surface area (Å²) in [5.74, 6) is 0.816. The lowest BCUT2D eigenvalue weighted by atomic mass is 10.2. The second kappa shape index (κ2) is 8.15. The third-order valence-corrected chi connectivity index (χ3v) is 4.85. The fourth-order valence-electron chi connectivity index (χ4n) is 2.35. The number of thioether (sulfide) groups is 1. The highest BCUT2D eigenvalue weighted by Gasteiger charge is 2.19. The zero-order chi connectivity index (χ0) is 17.6. The zero-order valence-corrected chi connectivity index (χ0v) is 14.8. The minimum atomic E-state index is -0.366. The van der Waals surface area contributed by atoms with Gasteiger partial charge in [-0.25, -0.2) is 4.39 Å². The number of aromatic nitrogens is 3. The molecule has 126 valence electrons. The average molecular weight is 373 g/mol. The minimum Gasteiger partial charge on any atom is -0.267 e. The first-order valence-corrected chi connectivity index (χ1v) is 9.03. The number of nitriles is 1. The Bertz CT molecular complexity index is 919. The molecule has 0 aliphatic carbocycles.